The van der Waals surface area contributed by atoms with Crippen molar-refractivity contribution >= 4 is 29.2 Å². The predicted octanol–water partition coefficient (Wildman–Crippen LogP) is 3.33. The number of carboxylic acids is 1. The van der Waals surface area contributed by atoms with Gasteiger partial charge in [-0.25, -0.2) is 0 Å². The molecule has 5 heteroatoms. The van der Waals surface area contributed by atoms with Crippen molar-refractivity contribution in [3.63, 3.8) is 0 Å². The van der Waals surface area contributed by atoms with E-state index in [1.165, 1.54) is 6.92 Å². The molecule has 1 unspecified atom stereocenters. The minimum absolute atomic E-state index is 0.261. The Morgan fingerprint density at radius 3 is 2.53 bits per heavy atom. The molecule has 0 heterocycles. The lowest BCUT2D eigenvalue weighted by Gasteiger charge is -2.16. The number of halogens is 2. The summed E-state index contributed by atoms with van der Waals surface area (Å²) in [5.74, 6) is -1.03. The van der Waals surface area contributed by atoms with Gasteiger partial charge >= 0.3 is 5.97 Å². The second-order valence-corrected chi connectivity index (χ2v) is 5.20. The summed E-state index contributed by atoms with van der Waals surface area (Å²) in [5.41, 5.74) is 0.987. The van der Waals surface area contributed by atoms with Gasteiger partial charge in [0.25, 0.3) is 0 Å². The monoisotopic (exact) mass is 276 g/mol. The number of carboxylic acid groups (broad SMARTS) is 1. The van der Waals surface area contributed by atoms with E-state index >= 15 is 0 Å². The molecular formula is C12H14Cl2O3. The standard InChI is InChI=1S/C12H14Cl2O3/c1-12(14,11(15)16)6-7-17-8-9-2-4-10(13)5-3-9/h2-5H,6-8H2,1H3,(H,15,16). The molecule has 1 aromatic carbocycles. The first-order valence-corrected chi connectivity index (χ1v) is 5.92. The van der Waals surface area contributed by atoms with Crippen LogP contribution in [0.25, 0.3) is 0 Å². The third-order valence-electron chi connectivity index (χ3n) is 2.34. The molecule has 0 aliphatic carbocycles. The van der Waals surface area contributed by atoms with Gasteiger partial charge in [0.15, 0.2) is 0 Å². The van der Waals surface area contributed by atoms with Gasteiger partial charge in [-0.3, -0.25) is 4.79 Å². The highest BCUT2D eigenvalue weighted by Crippen LogP contribution is 2.19. The van der Waals surface area contributed by atoms with Crippen molar-refractivity contribution in [1.29, 1.82) is 0 Å². The zero-order valence-corrected chi connectivity index (χ0v) is 11.0. The van der Waals surface area contributed by atoms with E-state index in [1.54, 1.807) is 12.1 Å². The number of hydrogen-bond acceptors (Lipinski definition) is 2. The molecule has 1 aromatic rings. The molecule has 1 rings (SSSR count). The Labute approximate surface area is 110 Å². The third kappa shape index (κ3) is 4.94. The van der Waals surface area contributed by atoms with Gasteiger partial charge in [0, 0.05) is 18.1 Å². The van der Waals surface area contributed by atoms with Crippen molar-refractivity contribution in [2.75, 3.05) is 6.61 Å². The second-order valence-electron chi connectivity index (χ2n) is 3.93. The number of hydrogen-bond donors (Lipinski definition) is 1. The minimum Gasteiger partial charge on any atom is -0.480 e. The molecule has 94 valence electrons. The van der Waals surface area contributed by atoms with E-state index in [0.29, 0.717) is 18.2 Å². The van der Waals surface area contributed by atoms with Crippen LogP contribution < -0.4 is 0 Å². The fraction of sp³-hybridized carbons (Fsp3) is 0.417. The van der Waals surface area contributed by atoms with Crippen molar-refractivity contribution in [2.45, 2.75) is 24.8 Å². The Hall–Kier alpha value is -0.770. The smallest absolute Gasteiger partial charge is 0.324 e. The highest BCUT2D eigenvalue weighted by atomic mass is 35.5. The molecule has 0 saturated heterocycles. The lowest BCUT2D eigenvalue weighted by molar-refractivity contribution is -0.140. The Morgan fingerprint density at radius 2 is 2.00 bits per heavy atom. The van der Waals surface area contributed by atoms with Crippen LogP contribution >= 0.6 is 23.2 Å². The molecule has 1 N–H and O–H groups in total. The van der Waals surface area contributed by atoms with E-state index in [1.807, 2.05) is 12.1 Å². The van der Waals surface area contributed by atoms with Crippen LogP contribution in [0.4, 0.5) is 0 Å². The molecule has 0 spiro atoms. The van der Waals surface area contributed by atoms with E-state index in [2.05, 4.69) is 0 Å². The SMILES string of the molecule is CC(Cl)(CCOCc1ccc(Cl)cc1)C(=O)O. The van der Waals surface area contributed by atoms with Crippen LogP contribution in [0.5, 0.6) is 0 Å². The summed E-state index contributed by atoms with van der Waals surface area (Å²) in [6.07, 6.45) is 0.261. The van der Waals surface area contributed by atoms with Gasteiger partial charge in [-0.05, 0) is 24.6 Å². The number of ether oxygens (including phenoxy) is 1. The molecule has 3 nitrogen and oxygen atoms in total. The van der Waals surface area contributed by atoms with Gasteiger partial charge in [-0.15, -0.1) is 11.6 Å². The summed E-state index contributed by atoms with van der Waals surface area (Å²) in [5, 5.41) is 9.46. The fourth-order valence-corrected chi connectivity index (χ4v) is 1.34. The van der Waals surface area contributed by atoms with Gasteiger partial charge < -0.3 is 9.84 Å². The molecular weight excluding hydrogens is 263 g/mol. The molecule has 17 heavy (non-hydrogen) atoms. The maximum absolute atomic E-state index is 10.7. The van der Waals surface area contributed by atoms with Gasteiger partial charge in [0.1, 0.15) is 4.87 Å². The summed E-state index contributed by atoms with van der Waals surface area (Å²) >= 11 is 11.5. The lowest BCUT2D eigenvalue weighted by atomic mass is 10.1. The van der Waals surface area contributed by atoms with Crippen LogP contribution in [0.2, 0.25) is 5.02 Å². The number of rotatable bonds is 6. The topological polar surface area (TPSA) is 46.5 Å². The zero-order chi connectivity index (χ0) is 12.9. The normalized spacial score (nSPS) is 14.3. The quantitative estimate of drug-likeness (QED) is 0.640. The lowest BCUT2D eigenvalue weighted by Crippen LogP contribution is -2.29. The van der Waals surface area contributed by atoms with Crippen LogP contribution in [0.15, 0.2) is 24.3 Å². The predicted molar refractivity (Wildman–Crippen MR) is 67.6 cm³/mol. The maximum atomic E-state index is 10.7. The zero-order valence-electron chi connectivity index (χ0n) is 9.45. The van der Waals surface area contributed by atoms with Gasteiger partial charge in [-0.2, -0.15) is 0 Å². The third-order valence-corrected chi connectivity index (χ3v) is 2.95. The van der Waals surface area contributed by atoms with Crippen LogP contribution in [-0.2, 0) is 16.1 Å². The van der Waals surface area contributed by atoms with Crippen molar-refractivity contribution in [3.8, 4) is 0 Å². The highest BCUT2D eigenvalue weighted by molar-refractivity contribution is 6.33. The molecule has 1 atom stereocenters. The fourth-order valence-electron chi connectivity index (χ4n) is 1.14. The molecule has 0 fully saturated rings. The highest BCUT2D eigenvalue weighted by Gasteiger charge is 2.29. The molecule has 0 saturated carbocycles. The molecule has 0 amide bonds. The van der Waals surface area contributed by atoms with Crippen LogP contribution in [0, 0.1) is 0 Å². The van der Waals surface area contributed by atoms with E-state index in [9.17, 15) is 4.79 Å². The van der Waals surface area contributed by atoms with E-state index in [-0.39, 0.29) is 6.42 Å². The first-order valence-electron chi connectivity index (χ1n) is 5.16. The maximum Gasteiger partial charge on any atom is 0.324 e. The number of carbonyl (C=O) groups is 1. The minimum atomic E-state index is -1.26. The largest absolute Gasteiger partial charge is 0.480 e. The van der Waals surface area contributed by atoms with Crippen molar-refractivity contribution in [1.82, 2.24) is 0 Å². The summed E-state index contributed by atoms with van der Waals surface area (Å²) in [7, 11) is 0. The number of alkyl halides is 1. The first kappa shape index (κ1) is 14.3. The van der Waals surface area contributed by atoms with Crippen molar-refractivity contribution in [3.05, 3.63) is 34.9 Å². The Balaban J connectivity index is 2.29. The molecule has 0 aliphatic rings. The molecule has 0 bridgehead atoms. The van der Waals surface area contributed by atoms with Crippen LogP contribution in [0.1, 0.15) is 18.9 Å². The van der Waals surface area contributed by atoms with E-state index in [0.717, 1.165) is 5.56 Å². The Bertz CT molecular complexity index is 374. The number of benzene rings is 1. The molecule has 0 aliphatic heterocycles. The Morgan fingerprint density at radius 1 is 1.41 bits per heavy atom. The molecule has 0 aromatic heterocycles. The van der Waals surface area contributed by atoms with Crippen LogP contribution in [-0.4, -0.2) is 22.6 Å². The number of aliphatic carboxylic acids is 1. The van der Waals surface area contributed by atoms with Crippen molar-refractivity contribution in [2.24, 2.45) is 0 Å². The van der Waals surface area contributed by atoms with E-state index < -0.39 is 10.8 Å². The summed E-state index contributed by atoms with van der Waals surface area (Å²) in [6.45, 7) is 2.18. The second kappa shape index (κ2) is 6.24. The average molecular weight is 277 g/mol. The molecule has 0 radical (unpaired) electrons. The summed E-state index contributed by atoms with van der Waals surface area (Å²) < 4.78 is 5.35. The average Bonchev–Trinajstić information content (AvgIpc) is 2.26. The van der Waals surface area contributed by atoms with E-state index in [4.69, 9.17) is 33.0 Å². The van der Waals surface area contributed by atoms with Gasteiger partial charge in [-0.1, -0.05) is 23.7 Å². The van der Waals surface area contributed by atoms with Crippen LogP contribution in [0.3, 0.4) is 0 Å². The summed E-state index contributed by atoms with van der Waals surface area (Å²) in [6, 6.07) is 7.28. The van der Waals surface area contributed by atoms with Gasteiger partial charge in [0.2, 0.25) is 0 Å². The first-order chi connectivity index (χ1) is 7.92. The van der Waals surface area contributed by atoms with Crippen molar-refractivity contribution < 1.29 is 14.6 Å². The summed E-state index contributed by atoms with van der Waals surface area (Å²) in [4.78, 5) is 9.46. The van der Waals surface area contributed by atoms with Gasteiger partial charge in [0.05, 0.1) is 6.61 Å². The Kier molecular flexibility index (Phi) is 5.25.